The fraction of sp³-hybridized carbons (Fsp3) is 0.294. The highest BCUT2D eigenvalue weighted by Gasteiger charge is 2.09. The van der Waals surface area contributed by atoms with Crippen LogP contribution in [-0.4, -0.2) is 0 Å². The highest BCUT2D eigenvalue weighted by Crippen LogP contribution is 2.32. The Bertz CT molecular complexity index is 564. The third-order valence-electron chi connectivity index (χ3n) is 3.34. The van der Waals surface area contributed by atoms with Gasteiger partial charge in [-0.15, -0.1) is 0 Å². The number of nitrogens with one attached hydrogen (secondary N) is 1. The molecule has 2 aromatic carbocycles. The van der Waals surface area contributed by atoms with Crippen LogP contribution in [0.2, 0.25) is 10.0 Å². The van der Waals surface area contributed by atoms with Crippen LogP contribution in [0.15, 0.2) is 42.5 Å². The second-order valence-corrected chi connectivity index (χ2v) is 5.74. The summed E-state index contributed by atoms with van der Waals surface area (Å²) in [5.41, 5.74) is 3.48. The molecule has 0 aromatic heterocycles. The average molecular weight is 308 g/mol. The molecule has 0 heterocycles. The standard InChI is InChI=1S/C17H19Cl2N/c1-3-5-13-8-10-14(11-9-13)12(2)20-16-7-4-6-15(18)17(16)19/h4,6-12,20H,3,5H2,1-2H3. The Morgan fingerprint density at radius 2 is 1.75 bits per heavy atom. The molecule has 0 aliphatic carbocycles. The molecule has 0 radical (unpaired) electrons. The lowest BCUT2D eigenvalue weighted by Gasteiger charge is -2.17. The maximum Gasteiger partial charge on any atom is 0.0823 e. The highest BCUT2D eigenvalue weighted by atomic mass is 35.5. The van der Waals surface area contributed by atoms with Gasteiger partial charge in [-0.25, -0.2) is 0 Å². The fourth-order valence-corrected chi connectivity index (χ4v) is 2.55. The predicted octanol–water partition coefficient (Wildman–Crippen LogP) is 6.12. The van der Waals surface area contributed by atoms with E-state index in [0.717, 1.165) is 12.1 Å². The van der Waals surface area contributed by atoms with Gasteiger partial charge in [-0.2, -0.15) is 0 Å². The minimum absolute atomic E-state index is 0.182. The molecule has 0 aliphatic rings. The van der Waals surface area contributed by atoms with Crippen LogP contribution in [0.25, 0.3) is 0 Å². The molecule has 2 aromatic rings. The molecule has 1 atom stereocenters. The Kier molecular flexibility index (Phi) is 5.33. The molecule has 0 amide bonds. The van der Waals surface area contributed by atoms with Crippen LogP contribution in [0, 0.1) is 0 Å². The lowest BCUT2D eigenvalue weighted by molar-refractivity contribution is 0.876. The number of rotatable bonds is 5. The van der Waals surface area contributed by atoms with E-state index in [9.17, 15) is 0 Å². The van der Waals surface area contributed by atoms with E-state index in [1.807, 2.05) is 12.1 Å². The van der Waals surface area contributed by atoms with Crippen LogP contribution in [0.1, 0.15) is 37.4 Å². The Morgan fingerprint density at radius 1 is 1.05 bits per heavy atom. The normalized spacial score (nSPS) is 12.2. The molecule has 106 valence electrons. The highest BCUT2D eigenvalue weighted by molar-refractivity contribution is 6.43. The van der Waals surface area contributed by atoms with Gasteiger partial charge >= 0.3 is 0 Å². The van der Waals surface area contributed by atoms with E-state index in [1.54, 1.807) is 6.07 Å². The third kappa shape index (κ3) is 3.68. The average Bonchev–Trinajstić information content (AvgIpc) is 2.45. The van der Waals surface area contributed by atoms with Crippen molar-refractivity contribution in [3.05, 3.63) is 63.6 Å². The summed E-state index contributed by atoms with van der Waals surface area (Å²) in [6.45, 7) is 4.31. The van der Waals surface area contributed by atoms with Crippen LogP contribution in [0.3, 0.4) is 0 Å². The Morgan fingerprint density at radius 3 is 2.40 bits per heavy atom. The summed E-state index contributed by atoms with van der Waals surface area (Å²) in [6, 6.07) is 14.5. The van der Waals surface area contributed by atoms with Gasteiger partial charge in [0.25, 0.3) is 0 Å². The fourth-order valence-electron chi connectivity index (χ4n) is 2.19. The predicted molar refractivity (Wildman–Crippen MR) is 88.9 cm³/mol. The van der Waals surface area contributed by atoms with E-state index >= 15 is 0 Å². The van der Waals surface area contributed by atoms with Crippen LogP contribution in [0.4, 0.5) is 5.69 Å². The van der Waals surface area contributed by atoms with Crippen LogP contribution < -0.4 is 5.32 Å². The molecular formula is C17H19Cl2N. The van der Waals surface area contributed by atoms with Gasteiger partial charge in [-0.05, 0) is 36.6 Å². The summed E-state index contributed by atoms with van der Waals surface area (Å²) in [5, 5.41) is 4.55. The molecule has 0 spiro atoms. The maximum atomic E-state index is 6.20. The van der Waals surface area contributed by atoms with Gasteiger partial charge in [-0.3, -0.25) is 0 Å². The summed E-state index contributed by atoms with van der Waals surface area (Å²) in [5.74, 6) is 0. The van der Waals surface area contributed by atoms with Crippen molar-refractivity contribution in [2.24, 2.45) is 0 Å². The molecule has 0 bridgehead atoms. The zero-order valence-corrected chi connectivity index (χ0v) is 13.3. The Balaban J connectivity index is 2.11. The van der Waals surface area contributed by atoms with E-state index in [0.29, 0.717) is 10.0 Å². The van der Waals surface area contributed by atoms with E-state index < -0.39 is 0 Å². The Labute approximate surface area is 130 Å². The van der Waals surface area contributed by atoms with Crippen molar-refractivity contribution in [1.29, 1.82) is 0 Å². The smallest absolute Gasteiger partial charge is 0.0823 e. The van der Waals surface area contributed by atoms with Crippen molar-refractivity contribution in [3.63, 3.8) is 0 Å². The Hall–Kier alpha value is -1.18. The SMILES string of the molecule is CCCc1ccc(C(C)Nc2cccc(Cl)c2Cl)cc1. The molecule has 0 aliphatic heterocycles. The summed E-state index contributed by atoms with van der Waals surface area (Å²) in [6.07, 6.45) is 2.30. The lowest BCUT2D eigenvalue weighted by atomic mass is 10.0. The van der Waals surface area contributed by atoms with Crippen molar-refractivity contribution in [3.8, 4) is 0 Å². The van der Waals surface area contributed by atoms with Gasteiger partial charge in [0.2, 0.25) is 0 Å². The van der Waals surface area contributed by atoms with Gasteiger partial charge in [0.05, 0.1) is 15.7 Å². The van der Waals surface area contributed by atoms with Gasteiger partial charge in [0, 0.05) is 6.04 Å². The molecule has 0 saturated carbocycles. The molecule has 1 nitrogen and oxygen atoms in total. The first-order valence-electron chi connectivity index (χ1n) is 6.91. The van der Waals surface area contributed by atoms with Gasteiger partial charge in [0.1, 0.15) is 0 Å². The van der Waals surface area contributed by atoms with Crippen molar-refractivity contribution < 1.29 is 0 Å². The van der Waals surface area contributed by atoms with Crippen molar-refractivity contribution in [2.45, 2.75) is 32.7 Å². The molecule has 1 N–H and O–H groups in total. The first-order valence-corrected chi connectivity index (χ1v) is 7.66. The number of halogens is 2. The first-order chi connectivity index (χ1) is 9.61. The number of benzene rings is 2. The summed E-state index contributed by atoms with van der Waals surface area (Å²) >= 11 is 12.2. The lowest BCUT2D eigenvalue weighted by Crippen LogP contribution is -2.07. The molecule has 1 unspecified atom stereocenters. The quantitative estimate of drug-likeness (QED) is 0.701. The third-order valence-corrected chi connectivity index (χ3v) is 4.16. The topological polar surface area (TPSA) is 12.0 Å². The summed E-state index contributed by atoms with van der Waals surface area (Å²) in [4.78, 5) is 0. The minimum atomic E-state index is 0.182. The maximum absolute atomic E-state index is 6.20. The van der Waals surface area contributed by atoms with E-state index in [4.69, 9.17) is 23.2 Å². The van der Waals surface area contributed by atoms with Crippen LogP contribution in [-0.2, 0) is 6.42 Å². The van der Waals surface area contributed by atoms with E-state index in [2.05, 4.69) is 43.4 Å². The van der Waals surface area contributed by atoms with Crippen LogP contribution >= 0.6 is 23.2 Å². The van der Waals surface area contributed by atoms with Gasteiger partial charge in [0.15, 0.2) is 0 Å². The molecule has 2 rings (SSSR count). The first kappa shape index (κ1) is 15.2. The zero-order valence-electron chi connectivity index (χ0n) is 11.8. The monoisotopic (exact) mass is 307 g/mol. The summed E-state index contributed by atoms with van der Waals surface area (Å²) < 4.78 is 0. The molecule has 3 heteroatoms. The van der Waals surface area contributed by atoms with Crippen molar-refractivity contribution >= 4 is 28.9 Å². The molecule has 20 heavy (non-hydrogen) atoms. The minimum Gasteiger partial charge on any atom is -0.377 e. The number of hydrogen-bond donors (Lipinski definition) is 1. The zero-order chi connectivity index (χ0) is 14.5. The van der Waals surface area contributed by atoms with Crippen LogP contribution in [0.5, 0.6) is 0 Å². The number of aryl methyl sites for hydroxylation is 1. The number of anilines is 1. The second-order valence-electron chi connectivity index (χ2n) is 4.96. The van der Waals surface area contributed by atoms with Gasteiger partial charge < -0.3 is 5.32 Å². The van der Waals surface area contributed by atoms with Gasteiger partial charge in [-0.1, -0.05) is 66.9 Å². The largest absolute Gasteiger partial charge is 0.377 e. The molecule has 0 saturated heterocycles. The van der Waals surface area contributed by atoms with Crippen molar-refractivity contribution in [2.75, 3.05) is 5.32 Å². The molecular weight excluding hydrogens is 289 g/mol. The van der Waals surface area contributed by atoms with E-state index in [-0.39, 0.29) is 6.04 Å². The second kappa shape index (κ2) is 7.01. The molecule has 0 fully saturated rings. The number of hydrogen-bond acceptors (Lipinski definition) is 1. The summed E-state index contributed by atoms with van der Waals surface area (Å²) in [7, 11) is 0. The van der Waals surface area contributed by atoms with Crippen molar-refractivity contribution in [1.82, 2.24) is 0 Å². The van der Waals surface area contributed by atoms with E-state index in [1.165, 1.54) is 17.5 Å².